The predicted molar refractivity (Wildman–Crippen MR) is 247 cm³/mol. The smallest absolute Gasteiger partial charge is 0.0751 e. The highest BCUT2D eigenvalue weighted by Gasteiger charge is 2.50. The molecule has 0 aromatic heterocycles. The molecular weight excluding hydrogens is 693 g/mol. The van der Waals surface area contributed by atoms with Crippen LogP contribution in [-0.4, -0.2) is 20.3 Å². The molecule has 3 aliphatic carbocycles. The van der Waals surface area contributed by atoms with E-state index in [2.05, 4.69) is 168 Å². The molecule has 0 saturated carbocycles. The van der Waals surface area contributed by atoms with Gasteiger partial charge in [-0.05, 0) is 138 Å². The largest absolute Gasteiger partial charge is 0.376 e. The first kappa shape index (κ1) is 40.7. The summed E-state index contributed by atoms with van der Waals surface area (Å²) in [6, 6.07) is 30.3. The second-order valence-corrected chi connectivity index (χ2v) is 25.6. The Morgan fingerprint density at radius 3 is 1.80 bits per heavy atom. The molecule has 0 aliphatic heterocycles. The van der Waals surface area contributed by atoms with E-state index in [9.17, 15) is 0 Å². The maximum Gasteiger partial charge on any atom is 0.0751 e. The number of hydrogen-bond acceptors (Lipinski definition) is 1. The average Bonchev–Trinajstić information content (AvgIpc) is 3.83. The van der Waals surface area contributed by atoms with Gasteiger partial charge in [0.25, 0.3) is 0 Å². The van der Waals surface area contributed by atoms with Crippen LogP contribution in [0, 0.1) is 0 Å². The van der Waals surface area contributed by atoms with Crippen molar-refractivity contribution >= 4 is 20.2 Å². The van der Waals surface area contributed by atoms with Crippen molar-refractivity contribution in [3.8, 4) is 22.3 Å². The molecule has 0 fully saturated rings. The molecule has 4 aromatic rings. The van der Waals surface area contributed by atoms with E-state index in [1.807, 2.05) is 0 Å². The van der Waals surface area contributed by atoms with Crippen molar-refractivity contribution in [3.63, 3.8) is 0 Å². The van der Waals surface area contributed by atoms with Crippen molar-refractivity contribution in [3.05, 3.63) is 128 Å². The maximum atomic E-state index is 6.12. The van der Waals surface area contributed by atoms with Crippen molar-refractivity contribution in [1.82, 2.24) is 0 Å². The summed E-state index contributed by atoms with van der Waals surface area (Å²) in [5.74, 6) is 0. The molecule has 4 aromatic carbocycles. The van der Waals surface area contributed by atoms with Gasteiger partial charge in [-0.3, -0.25) is 0 Å². The third kappa shape index (κ3) is 8.00. The fourth-order valence-electron chi connectivity index (χ4n) is 10.7. The third-order valence-corrected chi connectivity index (χ3v) is 19.1. The molecule has 0 heterocycles. The molecule has 0 saturated heterocycles. The fraction of sp³-hybridized carbons (Fsp3) is 0.481. The molecule has 296 valence electrons. The molecule has 3 unspecified atom stereocenters. The Kier molecular flexibility index (Phi) is 11.2. The summed E-state index contributed by atoms with van der Waals surface area (Å²) < 4.78 is 6.12. The zero-order chi connectivity index (χ0) is 40.2. The summed E-state index contributed by atoms with van der Waals surface area (Å²) >= 11 is 0. The Balaban J connectivity index is 1.30. The zero-order valence-corrected chi connectivity index (χ0v) is 38.0. The summed E-state index contributed by atoms with van der Waals surface area (Å²) in [6.45, 7) is 29.0. The summed E-state index contributed by atoms with van der Waals surface area (Å²) in [7, 11) is -2.13. The van der Waals surface area contributed by atoms with Crippen LogP contribution in [0.25, 0.3) is 34.4 Å². The van der Waals surface area contributed by atoms with Crippen LogP contribution >= 0.6 is 0 Å². The number of aryl methyl sites for hydroxylation is 1. The molecular formula is C54H70OSi. The van der Waals surface area contributed by atoms with Gasteiger partial charge in [0.15, 0.2) is 0 Å². The third-order valence-electron chi connectivity index (χ3n) is 13.5. The van der Waals surface area contributed by atoms with Crippen LogP contribution in [0.3, 0.4) is 0 Å². The molecule has 2 heteroatoms. The normalized spacial score (nSPS) is 19.0. The second kappa shape index (κ2) is 15.4. The second-order valence-electron chi connectivity index (χ2n) is 21.0. The Hall–Kier alpha value is -3.46. The Morgan fingerprint density at radius 1 is 0.625 bits per heavy atom. The highest BCUT2D eigenvalue weighted by molar-refractivity contribution is 6.83. The first-order valence-corrected chi connectivity index (χ1v) is 24.8. The number of allylic oxidation sites excluding steroid dienone is 2. The van der Waals surface area contributed by atoms with Crippen LogP contribution in [0.1, 0.15) is 164 Å². The van der Waals surface area contributed by atoms with E-state index in [4.69, 9.17) is 4.74 Å². The number of unbranched alkanes of at least 4 members (excludes halogenated alkanes) is 3. The van der Waals surface area contributed by atoms with Crippen LogP contribution in [0.2, 0.25) is 12.6 Å². The Morgan fingerprint density at radius 2 is 1.20 bits per heavy atom. The van der Waals surface area contributed by atoms with Crippen molar-refractivity contribution < 1.29 is 4.74 Å². The first-order chi connectivity index (χ1) is 26.4. The van der Waals surface area contributed by atoms with Gasteiger partial charge < -0.3 is 4.74 Å². The van der Waals surface area contributed by atoms with Gasteiger partial charge in [0.2, 0.25) is 0 Å². The lowest BCUT2D eigenvalue weighted by Gasteiger charge is -2.42. The van der Waals surface area contributed by atoms with Gasteiger partial charge in [0, 0.05) is 17.7 Å². The minimum atomic E-state index is -2.13. The minimum Gasteiger partial charge on any atom is -0.376 e. The van der Waals surface area contributed by atoms with E-state index in [1.165, 1.54) is 89.1 Å². The highest BCUT2D eigenvalue weighted by Crippen LogP contribution is 2.57. The predicted octanol–water partition coefficient (Wildman–Crippen LogP) is 15.3. The molecule has 0 radical (unpaired) electrons. The molecule has 3 atom stereocenters. The zero-order valence-electron chi connectivity index (χ0n) is 37.0. The molecule has 0 bridgehead atoms. The lowest BCUT2D eigenvalue weighted by Crippen LogP contribution is -2.45. The number of fused-ring (bicyclic) bond motifs is 3. The molecule has 0 spiro atoms. The monoisotopic (exact) mass is 763 g/mol. The van der Waals surface area contributed by atoms with Crippen LogP contribution < -0.4 is 0 Å². The average molecular weight is 763 g/mol. The van der Waals surface area contributed by atoms with Gasteiger partial charge in [0.1, 0.15) is 0 Å². The SMILES string of the molecule is CC1=Cc2c(-c3ccc(C(C)(C)C)cc3)cccc2C1[Si](C)(CCCCCCOC(C)(C)C)C1C(C)=Cc2c1cc1c(c2-c2ccc(C(C)(C)C)cc2)CCC1. The number of benzene rings is 4. The molecule has 0 N–H and O–H groups in total. The summed E-state index contributed by atoms with van der Waals surface area (Å²) in [5.41, 5.74) is 22.3. The van der Waals surface area contributed by atoms with E-state index < -0.39 is 8.07 Å². The summed E-state index contributed by atoms with van der Waals surface area (Å²) in [6.07, 6.45) is 13.8. The lowest BCUT2D eigenvalue weighted by atomic mass is 9.84. The standard InChI is InChI=1S/C54H70OSi/c1-36-33-46-43(38-23-27-41(28-24-38)52(3,4)5)20-18-22-45(46)50(36)56(12,32-16-14-13-15-31-55-54(9,10)11)51-37(2)34-47-48(51)35-40-19-17-21-44(40)49(47)39-25-29-42(30-26-39)53(6,7)8/h18,20,22-30,33-35,50-51H,13-17,19,21,31-32H2,1-12H3. The van der Waals surface area contributed by atoms with Crippen molar-refractivity contribution in [2.45, 2.75) is 161 Å². The van der Waals surface area contributed by atoms with E-state index >= 15 is 0 Å². The molecule has 1 nitrogen and oxygen atoms in total. The molecule has 0 amide bonds. The van der Waals surface area contributed by atoms with Crippen LogP contribution in [0.4, 0.5) is 0 Å². The van der Waals surface area contributed by atoms with E-state index in [-0.39, 0.29) is 16.4 Å². The van der Waals surface area contributed by atoms with Crippen molar-refractivity contribution in [2.24, 2.45) is 0 Å². The number of rotatable bonds is 11. The van der Waals surface area contributed by atoms with Crippen molar-refractivity contribution in [2.75, 3.05) is 6.61 Å². The van der Waals surface area contributed by atoms with Crippen LogP contribution in [0.15, 0.2) is 83.9 Å². The molecule has 3 aliphatic rings. The number of hydrogen-bond donors (Lipinski definition) is 0. The van der Waals surface area contributed by atoms with Crippen molar-refractivity contribution in [1.29, 1.82) is 0 Å². The van der Waals surface area contributed by atoms with E-state index in [0.29, 0.717) is 11.1 Å². The van der Waals surface area contributed by atoms with E-state index in [1.54, 1.807) is 33.4 Å². The molecule has 56 heavy (non-hydrogen) atoms. The van der Waals surface area contributed by atoms with Crippen LogP contribution in [-0.2, 0) is 28.4 Å². The molecule has 7 rings (SSSR count). The van der Waals surface area contributed by atoms with Crippen LogP contribution in [0.5, 0.6) is 0 Å². The van der Waals surface area contributed by atoms with Gasteiger partial charge in [-0.25, -0.2) is 0 Å². The maximum absolute atomic E-state index is 6.12. The summed E-state index contributed by atoms with van der Waals surface area (Å²) in [4.78, 5) is 0. The minimum absolute atomic E-state index is 0.0634. The van der Waals surface area contributed by atoms with Gasteiger partial charge in [0.05, 0.1) is 13.7 Å². The topological polar surface area (TPSA) is 9.23 Å². The first-order valence-electron chi connectivity index (χ1n) is 21.9. The fourth-order valence-corrected chi connectivity index (χ4v) is 16.8. The van der Waals surface area contributed by atoms with E-state index in [0.717, 1.165) is 13.0 Å². The van der Waals surface area contributed by atoms with Gasteiger partial charge in [-0.15, -0.1) is 0 Å². The van der Waals surface area contributed by atoms with Gasteiger partial charge >= 0.3 is 0 Å². The Bertz CT molecular complexity index is 2120. The van der Waals surface area contributed by atoms with Gasteiger partial charge in [-0.1, -0.05) is 169 Å². The highest BCUT2D eigenvalue weighted by atomic mass is 28.3. The number of ether oxygens (including phenoxy) is 1. The Labute approximate surface area is 342 Å². The summed E-state index contributed by atoms with van der Waals surface area (Å²) in [5, 5.41) is 0. The van der Waals surface area contributed by atoms with Gasteiger partial charge in [-0.2, -0.15) is 0 Å². The quantitative estimate of drug-likeness (QED) is 0.109. The lowest BCUT2D eigenvalue weighted by molar-refractivity contribution is -0.00471.